The smallest absolute Gasteiger partial charge is 0.224 e. The summed E-state index contributed by atoms with van der Waals surface area (Å²) in [6, 6.07) is 17.2. The fourth-order valence-corrected chi connectivity index (χ4v) is 5.41. The highest BCUT2D eigenvalue weighted by Crippen LogP contribution is 2.38. The second kappa shape index (κ2) is 12.0. The van der Waals surface area contributed by atoms with Gasteiger partial charge < -0.3 is 15.4 Å². The zero-order valence-electron chi connectivity index (χ0n) is 22.0. The number of benzene rings is 2. The van der Waals surface area contributed by atoms with Gasteiger partial charge in [0.05, 0.1) is 17.7 Å². The molecule has 1 amide bonds. The normalized spacial score (nSPS) is 20.6. The minimum Gasteiger partial charge on any atom is -0.382 e. The van der Waals surface area contributed by atoms with Crippen LogP contribution in [0.25, 0.3) is 11.6 Å². The van der Waals surface area contributed by atoms with E-state index >= 15 is 0 Å². The molecule has 2 unspecified atom stereocenters. The Labute approximate surface area is 221 Å². The van der Waals surface area contributed by atoms with E-state index in [-0.39, 0.29) is 5.91 Å². The molecule has 0 radical (unpaired) electrons. The van der Waals surface area contributed by atoms with Crippen molar-refractivity contribution in [2.45, 2.75) is 83.3 Å². The predicted molar refractivity (Wildman–Crippen MR) is 150 cm³/mol. The van der Waals surface area contributed by atoms with Gasteiger partial charge in [0.1, 0.15) is 0 Å². The van der Waals surface area contributed by atoms with Crippen molar-refractivity contribution in [2.75, 3.05) is 17.2 Å². The second-order valence-corrected chi connectivity index (χ2v) is 11.2. The lowest BCUT2D eigenvalue weighted by Gasteiger charge is -2.29. The molecule has 1 saturated heterocycles. The van der Waals surface area contributed by atoms with Crippen LogP contribution < -0.4 is 10.6 Å². The monoisotopic (exact) mass is 497 g/mol. The Morgan fingerprint density at radius 1 is 1.11 bits per heavy atom. The SMILES string of the molecule is CC(CC(=O)Nc1ccc(/C=C(\C#N)c2ccc(CCC3CCCO3)cc2NC2CCC2)cc1)C1CC1. The van der Waals surface area contributed by atoms with Gasteiger partial charge in [-0.15, -0.1) is 0 Å². The summed E-state index contributed by atoms with van der Waals surface area (Å²) in [4.78, 5) is 12.4. The van der Waals surface area contributed by atoms with Gasteiger partial charge in [-0.3, -0.25) is 4.79 Å². The average molecular weight is 498 g/mol. The maximum atomic E-state index is 12.4. The number of hydrogen-bond donors (Lipinski definition) is 2. The van der Waals surface area contributed by atoms with Gasteiger partial charge in [0.25, 0.3) is 0 Å². The van der Waals surface area contributed by atoms with E-state index in [0.717, 1.165) is 54.3 Å². The lowest BCUT2D eigenvalue weighted by Crippen LogP contribution is -2.27. The van der Waals surface area contributed by atoms with Gasteiger partial charge in [0.2, 0.25) is 5.91 Å². The number of nitrogens with one attached hydrogen (secondary N) is 2. The van der Waals surface area contributed by atoms with Crippen molar-refractivity contribution >= 4 is 28.9 Å². The minimum atomic E-state index is 0.0756. The molecule has 2 aliphatic carbocycles. The number of ether oxygens (including phenoxy) is 1. The Morgan fingerprint density at radius 2 is 1.92 bits per heavy atom. The maximum absolute atomic E-state index is 12.4. The van der Waals surface area contributed by atoms with Crippen LogP contribution in [0.3, 0.4) is 0 Å². The summed E-state index contributed by atoms with van der Waals surface area (Å²) in [7, 11) is 0. The van der Waals surface area contributed by atoms with Crippen molar-refractivity contribution in [3.63, 3.8) is 0 Å². The van der Waals surface area contributed by atoms with E-state index in [1.807, 2.05) is 30.3 Å². The average Bonchev–Trinajstić information content (AvgIpc) is 3.60. The van der Waals surface area contributed by atoms with Crippen LogP contribution in [0.2, 0.25) is 0 Å². The number of aryl methyl sites for hydroxylation is 1. The van der Waals surface area contributed by atoms with Crippen LogP contribution in [0.1, 0.15) is 81.4 Å². The summed E-state index contributed by atoms with van der Waals surface area (Å²) in [6.07, 6.45) is 13.4. The van der Waals surface area contributed by atoms with Gasteiger partial charge in [-0.25, -0.2) is 0 Å². The molecule has 37 heavy (non-hydrogen) atoms. The Balaban J connectivity index is 1.28. The minimum absolute atomic E-state index is 0.0756. The third-order valence-corrected chi connectivity index (χ3v) is 8.18. The van der Waals surface area contributed by atoms with E-state index in [4.69, 9.17) is 4.74 Å². The Kier molecular flexibility index (Phi) is 8.26. The van der Waals surface area contributed by atoms with Crippen molar-refractivity contribution in [3.8, 4) is 6.07 Å². The van der Waals surface area contributed by atoms with Gasteiger partial charge in [-0.2, -0.15) is 5.26 Å². The van der Waals surface area contributed by atoms with Crippen molar-refractivity contribution in [3.05, 3.63) is 59.2 Å². The molecule has 0 aromatic heterocycles. The molecule has 5 nitrogen and oxygen atoms in total. The molecule has 194 valence electrons. The lowest BCUT2D eigenvalue weighted by atomic mass is 9.91. The summed E-state index contributed by atoms with van der Waals surface area (Å²) < 4.78 is 5.81. The maximum Gasteiger partial charge on any atom is 0.224 e. The molecule has 5 heteroatoms. The molecular formula is C32H39N3O2. The highest BCUT2D eigenvalue weighted by atomic mass is 16.5. The predicted octanol–water partition coefficient (Wildman–Crippen LogP) is 7.20. The molecule has 2 N–H and O–H groups in total. The van der Waals surface area contributed by atoms with Crippen LogP contribution >= 0.6 is 0 Å². The molecule has 0 spiro atoms. The summed E-state index contributed by atoms with van der Waals surface area (Å²) in [6.45, 7) is 3.06. The highest BCUT2D eigenvalue weighted by molar-refractivity contribution is 5.95. The summed E-state index contributed by atoms with van der Waals surface area (Å²) in [5, 5.41) is 16.8. The van der Waals surface area contributed by atoms with E-state index in [9.17, 15) is 10.1 Å². The number of carbonyl (C=O) groups excluding carboxylic acids is 1. The Morgan fingerprint density at radius 3 is 2.57 bits per heavy atom. The molecule has 3 fully saturated rings. The first-order valence-corrected chi connectivity index (χ1v) is 14.1. The number of carbonyl (C=O) groups is 1. The highest BCUT2D eigenvalue weighted by Gasteiger charge is 2.29. The molecule has 5 rings (SSSR count). The number of hydrogen-bond acceptors (Lipinski definition) is 4. The molecular weight excluding hydrogens is 458 g/mol. The first-order valence-electron chi connectivity index (χ1n) is 14.1. The van der Waals surface area contributed by atoms with Crippen LogP contribution in [0.4, 0.5) is 11.4 Å². The quantitative estimate of drug-likeness (QED) is 0.254. The van der Waals surface area contributed by atoms with E-state index in [1.54, 1.807) is 0 Å². The Hall–Kier alpha value is -3.10. The van der Waals surface area contributed by atoms with Crippen molar-refractivity contribution in [1.82, 2.24) is 0 Å². The summed E-state index contributed by atoms with van der Waals surface area (Å²) in [5.41, 5.74) is 5.67. The number of amides is 1. The van der Waals surface area contributed by atoms with Crippen molar-refractivity contribution in [1.29, 1.82) is 5.26 Å². The first kappa shape index (κ1) is 25.5. The molecule has 2 aromatic carbocycles. The van der Waals surface area contributed by atoms with E-state index in [0.29, 0.717) is 30.1 Å². The molecule has 2 aromatic rings. The number of nitrogens with zero attached hydrogens (tertiary/aromatic N) is 1. The van der Waals surface area contributed by atoms with Crippen molar-refractivity contribution < 1.29 is 9.53 Å². The number of rotatable bonds is 11. The van der Waals surface area contributed by atoms with Crippen molar-refractivity contribution in [2.24, 2.45) is 11.8 Å². The van der Waals surface area contributed by atoms with Crippen LogP contribution in [-0.4, -0.2) is 24.7 Å². The topological polar surface area (TPSA) is 74.2 Å². The summed E-state index contributed by atoms with van der Waals surface area (Å²) >= 11 is 0. The number of anilines is 2. The molecule has 3 aliphatic rings. The summed E-state index contributed by atoms with van der Waals surface area (Å²) in [5.74, 6) is 1.25. The number of allylic oxidation sites excluding steroid dienone is 1. The second-order valence-electron chi connectivity index (χ2n) is 11.2. The molecule has 2 atom stereocenters. The zero-order valence-corrected chi connectivity index (χ0v) is 22.0. The molecule has 1 heterocycles. The molecule has 1 aliphatic heterocycles. The zero-order chi connectivity index (χ0) is 25.6. The van der Waals surface area contributed by atoms with Gasteiger partial charge >= 0.3 is 0 Å². The van der Waals surface area contributed by atoms with Crippen LogP contribution in [-0.2, 0) is 16.0 Å². The molecule has 2 saturated carbocycles. The molecule has 0 bridgehead atoms. The van der Waals surface area contributed by atoms with Crippen LogP contribution in [0, 0.1) is 23.2 Å². The van der Waals surface area contributed by atoms with E-state index in [1.165, 1.54) is 44.1 Å². The number of nitriles is 1. The fourth-order valence-electron chi connectivity index (χ4n) is 5.41. The van der Waals surface area contributed by atoms with Gasteiger partial charge in [0.15, 0.2) is 0 Å². The fraction of sp³-hybridized carbons (Fsp3) is 0.500. The third-order valence-electron chi connectivity index (χ3n) is 8.18. The van der Waals surface area contributed by atoms with Gasteiger partial charge in [-0.05, 0) is 105 Å². The largest absolute Gasteiger partial charge is 0.382 e. The van der Waals surface area contributed by atoms with Crippen LogP contribution in [0.15, 0.2) is 42.5 Å². The first-order chi connectivity index (χ1) is 18.1. The Bertz CT molecular complexity index is 1150. The van der Waals surface area contributed by atoms with Gasteiger partial charge in [-0.1, -0.05) is 31.2 Å². The third kappa shape index (κ3) is 7.02. The van der Waals surface area contributed by atoms with E-state index in [2.05, 4.69) is 41.8 Å². The van der Waals surface area contributed by atoms with Gasteiger partial charge in [0, 0.05) is 36.0 Å². The van der Waals surface area contributed by atoms with Crippen LogP contribution in [0.5, 0.6) is 0 Å². The van der Waals surface area contributed by atoms with E-state index < -0.39 is 0 Å². The lowest BCUT2D eigenvalue weighted by molar-refractivity contribution is -0.117. The standard InChI is InChI=1S/C32H39N3O2/c1-22(25-11-12-25)18-32(36)35-28-13-7-23(8-14-28)19-26(21-33)30-16-10-24(9-15-29-6-3-17-37-29)20-31(30)34-27-4-2-5-27/h7-8,10,13-14,16,19-20,22,25,27,29,34H,2-6,9,11-12,15,17-18H2,1H3,(H,35,36)/b26-19+.